The molecule has 3 aliphatic carbocycles. The summed E-state index contributed by atoms with van der Waals surface area (Å²) in [7, 11) is 0. The Morgan fingerprint density at radius 3 is 2.36 bits per heavy atom. The van der Waals surface area contributed by atoms with E-state index in [-0.39, 0.29) is 0 Å². The lowest BCUT2D eigenvalue weighted by Crippen LogP contribution is -2.38. The predicted octanol–water partition coefficient (Wildman–Crippen LogP) is 2.81. The quantitative estimate of drug-likeness (QED) is 0.724. The molecule has 2 atom stereocenters. The predicted molar refractivity (Wildman–Crippen MR) is 59.1 cm³/mol. The standard InChI is InChI=1S/C13H23N/c1-9(2)13(8-14-12-3-4-12)6-10-5-11(10)7-13/h9-12,14H,3-8H2,1-2H3. The second-order valence-electron chi connectivity index (χ2n) is 6.34. The third-order valence-electron chi connectivity index (χ3n) is 4.95. The van der Waals surface area contributed by atoms with Crippen molar-refractivity contribution in [1.82, 2.24) is 5.32 Å². The summed E-state index contributed by atoms with van der Waals surface area (Å²) < 4.78 is 0. The highest BCUT2D eigenvalue weighted by atomic mass is 15.0. The van der Waals surface area contributed by atoms with Gasteiger partial charge in [0.15, 0.2) is 0 Å². The van der Waals surface area contributed by atoms with Crippen LogP contribution in [0, 0.1) is 23.2 Å². The van der Waals surface area contributed by atoms with Gasteiger partial charge in [0.2, 0.25) is 0 Å². The minimum absolute atomic E-state index is 0.677. The smallest absolute Gasteiger partial charge is 0.00684 e. The van der Waals surface area contributed by atoms with E-state index in [1.807, 2.05) is 0 Å². The average Bonchev–Trinajstić information content (AvgIpc) is 3.04. The number of hydrogen-bond donors (Lipinski definition) is 1. The average molecular weight is 193 g/mol. The van der Waals surface area contributed by atoms with Crippen LogP contribution in [0.2, 0.25) is 0 Å². The third kappa shape index (κ3) is 1.50. The van der Waals surface area contributed by atoms with Gasteiger partial charge >= 0.3 is 0 Å². The van der Waals surface area contributed by atoms with E-state index < -0.39 is 0 Å². The molecule has 3 fully saturated rings. The van der Waals surface area contributed by atoms with Crippen LogP contribution in [0.4, 0.5) is 0 Å². The van der Waals surface area contributed by atoms with Crippen molar-refractivity contribution in [3.05, 3.63) is 0 Å². The zero-order chi connectivity index (χ0) is 9.76. The summed E-state index contributed by atoms with van der Waals surface area (Å²) in [6.07, 6.45) is 7.46. The first-order valence-corrected chi connectivity index (χ1v) is 6.43. The number of rotatable bonds is 4. The number of fused-ring (bicyclic) bond motifs is 1. The molecule has 3 rings (SSSR count). The van der Waals surface area contributed by atoms with Crippen LogP contribution in [-0.4, -0.2) is 12.6 Å². The topological polar surface area (TPSA) is 12.0 Å². The van der Waals surface area contributed by atoms with E-state index in [0.717, 1.165) is 23.8 Å². The van der Waals surface area contributed by atoms with E-state index in [0.29, 0.717) is 5.41 Å². The van der Waals surface area contributed by atoms with Gasteiger partial charge in [-0.2, -0.15) is 0 Å². The lowest BCUT2D eigenvalue weighted by Gasteiger charge is -2.35. The Hall–Kier alpha value is -0.0400. The Morgan fingerprint density at radius 1 is 1.21 bits per heavy atom. The number of nitrogens with one attached hydrogen (secondary N) is 1. The molecule has 0 saturated heterocycles. The highest BCUT2D eigenvalue weighted by Crippen LogP contribution is 2.62. The van der Waals surface area contributed by atoms with Crippen molar-refractivity contribution in [2.45, 2.75) is 52.0 Å². The Bertz CT molecular complexity index is 219. The maximum atomic E-state index is 3.76. The zero-order valence-electron chi connectivity index (χ0n) is 9.55. The van der Waals surface area contributed by atoms with Gasteiger partial charge in [0.05, 0.1) is 0 Å². The van der Waals surface area contributed by atoms with E-state index >= 15 is 0 Å². The summed E-state index contributed by atoms with van der Waals surface area (Å²) in [5.41, 5.74) is 0.677. The SMILES string of the molecule is CC(C)C1(CNC2CC2)CC2CC2C1. The summed E-state index contributed by atoms with van der Waals surface area (Å²) in [5.74, 6) is 3.12. The molecule has 0 aromatic heterocycles. The van der Waals surface area contributed by atoms with E-state index in [2.05, 4.69) is 19.2 Å². The molecule has 80 valence electrons. The molecular formula is C13H23N. The van der Waals surface area contributed by atoms with Gasteiger partial charge in [-0.1, -0.05) is 13.8 Å². The fourth-order valence-electron chi connectivity index (χ4n) is 3.39. The largest absolute Gasteiger partial charge is 0.313 e. The summed E-state index contributed by atoms with van der Waals surface area (Å²) in [5, 5.41) is 3.76. The van der Waals surface area contributed by atoms with Crippen molar-refractivity contribution in [3.8, 4) is 0 Å². The summed E-state index contributed by atoms with van der Waals surface area (Å²) >= 11 is 0. The first-order chi connectivity index (χ1) is 6.70. The van der Waals surface area contributed by atoms with Crippen LogP contribution in [0.5, 0.6) is 0 Å². The van der Waals surface area contributed by atoms with Crippen molar-refractivity contribution >= 4 is 0 Å². The molecule has 0 amide bonds. The molecule has 0 bridgehead atoms. The first-order valence-electron chi connectivity index (χ1n) is 6.43. The van der Waals surface area contributed by atoms with Gasteiger partial charge < -0.3 is 5.32 Å². The Morgan fingerprint density at radius 2 is 1.86 bits per heavy atom. The molecule has 1 nitrogen and oxygen atoms in total. The lowest BCUT2D eigenvalue weighted by molar-refractivity contribution is 0.166. The Balaban J connectivity index is 1.62. The fourth-order valence-corrected chi connectivity index (χ4v) is 3.39. The van der Waals surface area contributed by atoms with Crippen molar-refractivity contribution < 1.29 is 0 Å². The summed E-state index contributed by atoms with van der Waals surface area (Å²) in [4.78, 5) is 0. The van der Waals surface area contributed by atoms with Gasteiger partial charge in [-0.25, -0.2) is 0 Å². The van der Waals surface area contributed by atoms with E-state index in [1.165, 1.54) is 32.2 Å². The fraction of sp³-hybridized carbons (Fsp3) is 1.00. The highest BCUT2D eigenvalue weighted by molar-refractivity contribution is 5.05. The second-order valence-corrected chi connectivity index (χ2v) is 6.34. The van der Waals surface area contributed by atoms with Crippen LogP contribution in [-0.2, 0) is 0 Å². The molecule has 0 radical (unpaired) electrons. The molecule has 3 saturated carbocycles. The molecule has 0 spiro atoms. The Kier molecular flexibility index (Phi) is 1.96. The highest BCUT2D eigenvalue weighted by Gasteiger charge is 2.54. The number of hydrogen-bond acceptors (Lipinski definition) is 1. The normalized spacial score (nSPS) is 45.6. The lowest BCUT2D eigenvalue weighted by atomic mass is 9.73. The molecule has 2 unspecified atom stereocenters. The monoisotopic (exact) mass is 193 g/mol. The third-order valence-corrected chi connectivity index (χ3v) is 4.95. The minimum Gasteiger partial charge on any atom is -0.313 e. The van der Waals surface area contributed by atoms with Gasteiger partial charge in [-0.15, -0.1) is 0 Å². The van der Waals surface area contributed by atoms with E-state index in [9.17, 15) is 0 Å². The molecule has 0 heterocycles. The minimum atomic E-state index is 0.677. The second kappa shape index (κ2) is 2.98. The molecule has 14 heavy (non-hydrogen) atoms. The van der Waals surface area contributed by atoms with Crippen LogP contribution in [0.3, 0.4) is 0 Å². The van der Waals surface area contributed by atoms with Gasteiger partial charge in [-0.3, -0.25) is 0 Å². The molecule has 1 heteroatoms. The van der Waals surface area contributed by atoms with Gasteiger partial charge in [0.1, 0.15) is 0 Å². The van der Waals surface area contributed by atoms with Crippen molar-refractivity contribution in [1.29, 1.82) is 0 Å². The summed E-state index contributed by atoms with van der Waals surface area (Å²) in [6.45, 7) is 6.17. The van der Waals surface area contributed by atoms with Crippen LogP contribution < -0.4 is 5.32 Å². The van der Waals surface area contributed by atoms with Gasteiger partial charge in [0.25, 0.3) is 0 Å². The van der Waals surface area contributed by atoms with E-state index in [1.54, 1.807) is 6.42 Å². The molecular weight excluding hydrogens is 170 g/mol. The Labute approximate surface area is 87.7 Å². The van der Waals surface area contributed by atoms with Crippen molar-refractivity contribution in [2.24, 2.45) is 23.2 Å². The van der Waals surface area contributed by atoms with Crippen LogP contribution in [0.15, 0.2) is 0 Å². The maximum Gasteiger partial charge on any atom is 0.00684 e. The molecule has 0 aliphatic heterocycles. The zero-order valence-corrected chi connectivity index (χ0v) is 9.55. The van der Waals surface area contributed by atoms with Crippen LogP contribution in [0.25, 0.3) is 0 Å². The van der Waals surface area contributed by atoms with Crippen molar-refractivity contribution in [3.63, 3.8) is 0 Å². The molecule has 1 N–H and O–H groups in total. The van der Waals surface area contributed by atoms with E-state index in [4.69, 9.17) is 0 Å². The first kappa shape index (κ1) is 9.21. The summed E-state index contributed by atoms with van der Waals surface area (Å²) in [6, 6.07) is 0.891. The van der Waals surface area contributed by atoms with Crippen LogP contribution in [0.1, 0.15) is 46.0 Å². The van der Waals surface area contributed by atoms with Gasteiger partial charge in [-0.05, 0) is 55.3 Å². The van der Waals surface area contributed by atoms with Crippen LogP contribution >= 0.6 is 0 Å². The molecule has 3 aliphatic rings. The molecule has 0 aromatic carbocycles. The molecule has 0 aromatic rings. The maximum absolute atomic E-state index is 3.76. The van der Waals surface area contributed by atoms with Crippen molar-refractivity contribution in [2.75, 3.05) is 6.54 Å². The van der Waals surface area contributed by atoms with Gasteiger partial charge in [0, 0.05) is 12.6 Å².